The van der Waals surface area contributed by atoms with Crippen molar-refractivity contribution in [1.82, 2.24) is 4.72 Å². The highest BCUT2D eigenvalue weighted by atomic mass is 32.2. The minimum atomic E-state index is -3.65. The summed E-state index contributed by atoms with van der Waals surface area (Å²) in [5.41, 5.74) is 0.279. The molecule has 20 heavy (non-hydrogen) atoms. The number of nitrogens with one attached hydrogen (secondary N) is 1. The summed E-state index contributed by atoms with van der Waals surface area (Å²) in [6.07, 6.45) is 1.46. The molecule has 2 N–H and O–H groups in total. The molecule has 0 amide bonds. The molecule has 2 aromatic rings. The fourth-order valence-corrected chi connectivity index (χ4v) is 3.99. The van der Waals surface area contributed by atoms with Gasteiger partial charge in [-0.1, -0.05) is 0 Å². The van der Waals surface area contributed by atoms with Crippen LogP contribution in [0.15, 0.2) is 34.3 Å². The van der Waals surface area contributed by atoms with E-state index in [0.717, 1.165) is 11.3 Å². The van der Waals surface area contributed by atoms with Gasteiger partial charge in [0.1, 0.15) is 10.6 Å². The van der Waals surface area contributed by atoms with E-state index in [4.69, 9.17) is 9.52 Å². The molecule has 0 aromatic carbocycles. The molecule has 108 valence electrons. The standard InChI is InChI=1S/C12H13NO5S2/c1-8(10-3-2-5-18-10)13-20(16,17)7-9-4-6-19-11(9)12(14)15/h2-6,8,13H,7H2,1H3,(H,14,15)/t8-/m0/s1. The van der Waals surface area contributed by atoms with Gasteiger partial charge in [-0.05, 0) is 36.1 Å². The first-order valence-corrected chi connectivity index (χ1v) is 8.25. The maximum Gasteiger partial charge on any atom is 0.346 e. The van der Waals surface area contributed by atoms with E-state index in [1.54, 1.807) is 24.4 Å². The van der Waals surface area contributed by atoms with Gasteiger partial charge in [-0.25, -0.2) is 17.9 Å². The van der Waals surface area contributed by atoms with Gasteiger partial charge < -0.3 is 9.52 Å². The molecule has 0 aliphatic rings. The van der Waals surface area contributed by atoms with Gasteiger partial charge in [0.05, 0.1) is 18.1 Å². The van der Waals surface area contributed by atoms with Crippen molar-refractivity contribution in [2.24, 2.45) is 0 Å². The molecule has 0 saturated carbocycles. The summed E-state index contributed by atoms with van der Waals surface area (Å²) >= 11 is 1.00. The Morgan fingerprint density at radius 1 is 1.50 bits per heavy atom. The lowest BCUT2D eigenvalue weighted by molar-refractivity contribution is 0.0701. The van der Waals surface area contributed by atoms with Crippen LogP contribution in [0.5, 0.6) is 0 Å². The van der Waals surface area contributed by atoms with Crippen molar-refractivity contribution < 1.29 is 22.7 Å². The van der Waals surface area contributed by atoms with E-state index in [9.17, 15) is 13.2 Å². The van der Waals surface area contributed by atoms with Crippen LogP contribution in [0.4, 0.5) is 0 Å². The highest BCUT2D eigenvalue weighted by Gasteiger charge is 2.21. The highest BCUT2D eigenvalue weighted by molar-refractivity contribution is 7.88. The summed E-state index contributed by atoms with van der Waals surface area (Å²) in [5, 5.41) is 10.5. The maximum atomic E-state index is 12.0. The third-order valence-electron chi connectivity index (χ3n) is 2.61. The van der Waals surface area contributed by atoms with Crippen LogP contribution >= 0.6 is 11.3 Å². The number of thiophene rings is 1. The first-order chi connectivity index (χ1) is 9.39. The minimum absolute atomic E-state index is 0.0426. The summed E-state index contributed by atoms with van der Waals surface area (Å²) in [5.74, 6) is -0.995. The summed E-state index contributed by atoms with van der Waals surface area (Å²) in [4.78, 5) is 11.0. The minimum Gasteiger partial charge on any atom is -0.477 e. The predicted molar refractivity (Wildman–Crippen MR) is 74.2 cm³/mol. The van der Waals surface area contributed by atoms with Gasteiger partial charge in [-0.2, -0.15) is 0 Å². The molecule has 0 saturated heterocycles. The number of rotatable bonds is 6. The number of furan rings is 1. The predicted octanol–water partition coefficient (Wildman–Crippen LogP) is 2.22. The SMILES string of the molecule is C[C@H](NS(=O)(=O)Cc1ccsc1C(=O)O)c1ccco1. The van der Waals surface area contributed by atoms with Crippen molar-refractivity contribution in [3.05, 3.63) is 46.0 Å². The smallest absolute Gasteiger partial charge is 0.346 e. The Balaban J connectivity index is 2.11. The Kier molecular flexibility index (Phi) is 4.26. The molecule has 0 spiro atoms. The van der Waals surface area contributed by atoms with Crippen LogP contribution in [0.3, 0.4) is 0 Å². The van der Waals surface area contributed by atoms with Crippen molar-refractivity contribution in [3.63, 3.8) is 0 Å². The Morgan fingerprint density at radius 3 is 2.85 bits per heavy atom. The molecule has 8 heteroatoms. The number of hydrogen-bond acceptors (Lipinski definition) is 5. The fourth-order valence-electron chi connectivity index (χ4n) is 1.75. The van der Waals surface area contributed by atoms with Crippen molar-refractivity contribution in [2.75, 3.05) is 0 Å². The second-order valence-electron chi connectivity index (χ2n) is 4.19. The average Bonchev–Trinajstić information content (AvgIpc) is 2.96. The van der Waals surface area contributed by atoms with Crippen LogP contribution in [0, 0.1) is 0 Å². The Morgan fingerprint density at radius 2 is 2.25 bits per heavy atom. The van der Waals surface area contributed by atoms with E-state index in [0.29, 0.717) is 5.76 Å². The van der Waals surface area contributed by atoms with Crippen molar-refractivity contribution in [3.8, 4) is 0 Å². The Hall–Kier alpha value is -1.64. The molecule has 2 rings (SSSR count). The van der Waals surface area contributed by atoms with Gasteiger partial charge in [-0.15, -0.1) is 11.3 Å². The molecule has 2 heterocycles. The molecule has 0 bridgehead atoms. The summed E-state index contributed by atoms with van der Waals surface area (Å²) in [7, 11) is -3.65. The van der Waals surface area contributed by atoms with E-state index in [-0.39, 0.29) is 16.2 Å². The molecule has 0 radical (unpaired) electrons. The zero-order valence-corrected chi connectivity index (χ0v) is 12.2. The van der Waals surface area contributed by atoms with E-state index in [1.165, 1.54) is 12.3 Å². The molecule has 1 atom stereocenters. The number of hydrogen-bond donors (Lipinski definition) is 2. The molecular formula is C12H13NO5S2. The molecule has 2 aromatic heterocycles. The third-order valence-corrected chi connectivity index (χ3v) is 4.96. The third kappa shape index (κ3) is 3.47. The topological polar surface area (TPSA) is 96.6 Å². The summed E-state index contributed by atoms with van der Waals surface area (Å²) in [6, 6.07) is 4.33. The van der Waals surface area contributed by atoms with Gasteiger partial charge in [0.2, 0.25) is 10.0 Å². The molecule has 0 fully saturated rings. The Labute approximate surface area is 120 Å². The lowest BCUT2D eigenvalue weighted by Crippen LogP contribution is -2.28. The molecular weight excluding hydrogens is 302 g/mol. The maximum absolute atomic E-state index is 12.0. The highest BCUT2D eigenvalue weighted by Crippen LogP contribution is 2.20. The lowest BCUT2D eigenvalue weighted by atomic mass is 10.3. The second-order valence-corrected chi connectivity index (χ2v) is 6.86. The van der Waals surface area contributed by atoms with E-state index >= 15 is 0 Å². The normalized spacial score (nSPS) is 13.2. The quantitative estimate of drug-likeness (QED) is 0.852. The van der Waals surface area contributed by atoms with Gasteiger partial charge in [-0.3, -0.25) is 0 Å². The summed E-state index contributed by atoms with van der Waals surface area (Å²) in [6.45, 7) is 1.65. The monoisotopic (exact) mass is 315 g/mol. The first-order valence-electron chi connectivity index (χ1n) is 5.72. The van der Waals surface area contributed by atoms with Crippen LogP contribution in [0.1, 0.15) is 34.0 Å². The number of carboxylic acids is 1. The van der Waals surface area contributed by atoms with Gasteiger partial charge in [0.25, 0.3) is 0 Å². The number of sulfonamides is 1. The average molecular weight is 315 g/mol. The largest absolute Gasteiger partial charge is 0.477 e. The van der Waals surface area contributed by atoms with Crippen molar-refractivity contribution in [1.29, 1.82) is 0 Å². The number of carboxylic acid groups (broad SMARTS) is 1. The zero-order valence-electron chi connectivity index (χ0n) is 10.6. The Bertz CT molecular complexity index is 687. The van der Waals surface area contributed by atoms with Crippen LogP contribution in [0.25, 0.3) is 0 Å². The number of carbonyl (C=O) groups is 1. The van der Waals surface area contributed by atoms with Gasteiger partial charge in [0.15, 0.2) is 0 Å². The van der Waals surface area contributed by atoms with Crippen LogP contribution in [-0.2, 0) is 15.8 Å². The second kappa shape index (κ2) is 5.78. The van der Waals surface area contributed by atoms with Crippen molar-refractivity contribution in [2.45, 2.75) is 18.7 Å². The van der Waals surface area contributed by atoms with E-state index in [1.807, 2.05) is 0 Å². The van der Waals surface area contributed by atoms with Crippen molar-refractivity contribution >= 4 is 27.3 Å². The molecule has 0 aliphatic heterocycles. The molecule has 6 nitrogen and oxygen atoms in total. The molecule has 0 unspecified atom stereocenters. The van der Waals surface area contributed by atoms with Gasteiger partial charge in [0, 0.05) is 0 Å². The number of aromatic carboxylic acids is 1. The van der Waals surface area contributed by atoms with E-state index in [2.05, 4.69) is 4.72 Å². The lowest BCUT2D eigenvalue weighted by Gasteiger charge is -2.11. The van der Waals surface area contributed by atoms with Gasteiger partial charge >= 0.3 is 5.97 Å². The first kappa shape index (κ1) is 14.8. The molecule has 0 aliphatic carbocycles. The van der Waals surface area contributed by atoms with Crippen LogP contribution in [0.2, 0.25) is 0 Å². The zero-order chi connectivity index (χ0) is 14.8. The van der Waals surface area contributed by atoms with Crippen LogP contribution in [-0.4, -0.2) is 19.5 Å². The van der Waals surface area contributed by atoms with Crippen LogP contribution < -0.4 is 4.72 Å². The summed E-state index contributed by atoms with van der Waals surface area (Å²) < 4.78 is 31.6. The van der Waals surface area contributed by atoms with E-state index < -0.39 is 22.0 Å². The fraction of sp³-hybridized carbons (Fsp3) is 0.250.